The number of nitrogens with zero attached hydrogens (tertiary/aromatic N) is 1. The molecule has 0 unspecified atom stereocenters. The van der Waals surface area contributed by atoms with Crippen molar-refractivity contribution >= 4 is 33.7 Å². The molecule has 0 aliphatic rings. The van der Waals surface area contributed by atoms with E-state index in [1.54, 1.807) is 20.8 Å². The zero-order chi connectivity index (χ0) is 14.6. The molecule has 1 rings (SSSR count). The van der Waals surface area contributed by atoms with Gasteiger partial charge in [0.25, 0.3) is 0 Å². The SMILES string of the molecule is COC(=O)c1cc(NC(=O)OC(C)(C)C)cnc1Br. The Kier molecular flexibility index (Phi) is 4.88. The molecule has 0 bridgehead atoms. The number of aromatic nitrogens is 1. The highest BCUT2D eigenvalue weighted by atomic mass is 79.9. The van der Waals surface area contributed by atoms with Crippen LogP contribution in [0.15, 0.2) is 16.9 Å². The number of carbonyl (C=O) groups is 2. The van der Waals surface area contributed by atoms with Gasteiger partial charge in [0.05, 0.1) is 24.6 Å². The summed E-state index contributed by atoms with van der Waals surface area (Å²) in [7, 11) is 1.27. The number of anilines is 1. The van der Waals surface area contributed by atoms with Crippen molar-refractivity contribution in [1.29, 1.82) is 0 Å². The van der Waals surface area contributed by atoms with E-state index < -0.39 is 17.7 Å². The van der Waals surface area contributed by atoms with Gasteiger partial charge in [-0.25, -0.2) is 14.6 Å². The van der Waals surface area contributed by atoms with E-state index in [0.29, 0.717) is 10.3 Å². The first-order valence-corrected chi connectivity index (χ1v) is 6.26. The summed E-state index contributed by atoms with van der Waals surface area (Å²) in [6.07, 6.45) is 0.785. The number of halogens is 1. The van der Waals surface area contributed by atoms with Gasteiger partial charge in [0.15, 0.2) is 0 Å². The van der Waals surface area contributed by atoms with Gasteiger partial charge in [0.2, 0.25) is 0 Å². The van der Waals surface area contributed by atoms with E-state index in [9.17, 15) is 9.59 Å². The molecule has 0 fully saturated rings. The monoisotopic (exact) mass is 330 g/mol. The molecule has 0 spiro atoms. The fraction of sp³-hybridized carbons (Fsp3) is 0.417. The minimum absolute atomic E-state index is 0.219. The van der Waals surface area contributed by atoms with E-state index in [2.05, 4.69) is 31.0 Å². The van der Waals surface area contributed by atoms with Gasteiger partial charge in [-0.3, -0.25) is 5.32 Å². The third-order valence-corrected chi connectivity index (χ3v) is 2.52. The Balaban J connectivity index is 2.86. The van der Waals surface area contributed by atoms with Crippen molar-refractivity contribution in [3.63, 3.8) is 0 Å². The maximum absolute atomic E-state index is 11.6. The topological polar surface area (TPSA) is 77.5 Å². The number of hydrogen-bond acceptors (Lipinski definition) is 5. The molecule has 0 saturated carbocycles. The number of ether oxygens (including phenoxy) is 2. The van der Waals surface area contributed by atoms with Crippen LogP contribution in [-0.2, 0) is 9.47 Å². The van der Waals surface area contributed by atoms with Crippen molar-refractivity contribution in [2.45, 2.75) is 26.4 Å². The molecule has 6 nitrogen and oxygen atoms in total. The summed E-state index contributed by atoms with van der Waals surface area (Å²) in [6, 6.07) is 1.45. The molecule has 19 heavy (non-hydrogen) atoms. The minimum Gasteiger partial charge on any atom is -0.465 e. The normalized spacial score (nSPS) is 10.8. The number of rotatable bonds is 2. The highest BCUT2D eigenvalue weighted by molar-refractivity contribution is 9.10. The van der Waals surface area contributed by atoms with Gasteiger partial charge in [-0.2, -0.15) is 0 Å². The first-order valence-electron chi connectivity index (χ1n) is 5.47. The fourth-order valence-corrected chi connectivity index (χ4v) is 1.57. The molecule has 1 N–H and O–H groups in total. The quantitative estimate of drug-likeness (QED) is 0.666. The third kappa shape index (κ3) is 4.86. The molecule has 0 aliphatic heterocycles. The van der Waals surface area contributed by atoms with Gasteiger partial charge in [0.1, 0.15) is 10.2 Å². The van der Waals surface area contributed by atoms with Crippen LogP contribution in [0.1, 0.15) is 31.1 Å². The maximum atomic E-state index is 11.6. The summed E-state index contributed by atoms with van der Waals surface area (Å²) >= 11 is 3.13. The number of esters is 1. The highest BCUT2D eigenvalue weighted by Gasteiger charge is 2.18. The van der Waals surface area contributed by atoms with Crippen LogP contribution < -0.4 is 5.32 Å². The first-order chi connectivity index (χ1) is 8.73. The lowest BCUT2D eigenvalue weighted by atomic mass is 10.2. The van der Waals surface area contributed by atoms with Crippen molar-refractivity contribution in [3.05, 3.63) is 22.4 Å². The molecule has 7 heteroatoms. The molecule has 0 aliphatic carbocycles. The van der Waals surface area contributed by atoms with Gasteiger partial charge in [0, 0.05) is 0 Å². The predicted molar refractivity (Wildman–Crippen MR) is 73.1 cm³/mol. The number of amides is 1. The van der Waals surface area contributed by atoms with Crippen molar-refractivity contribution < 1.29 is 19.1 Å². The Hall–Kier alpha value is -1.63. The summed E-state index contributed by atoms with van der Waals surface area (Å²) < 4.78 is 10.0. The summed E-state index contributed by atoms with van der Waals surface area (Å²) in [5.74, 6) is -0.549. The average molecular weight is 331 g/mol. The molecule has 0 atom stereocenters. The lowest BCUT2D eigenvalue weighted by molar-refractivity contribution is 0.0594. The molecule has 1 aromatic rings. The smallest absolute Gasteiger partial charge is 0.412 e. The number of methoxy groups -OCH3 is 1. The van der Waals surface area contributed by atoms with Crippen molar-refractivity contribution in [3.8, 4) is 0 Å². The summed E-state index contributed by atoms with van der Waals surface area (Å²) in [5.41, 5.74) is -0.0353. The van der Waals surface area contributed by atoms with Crippen LogP contribution in [-0.4, -0.2) is 29.8 Å². The second kappa shape index (κ2) is 6.01. The molecular formula is C12H15BrN2O4. The van der Waals surface area contributed by atoms with E-state index in [1.165, 1.54) is 19.4 Å². The van der Waals surface area contributed by atoms with Gasteiger partial charge < -0.3 is 9.47 Å². The van der Waals surface area contributed by atoms with Crippen LogP contribution in [0, 0.1) is 0 Å². The number of carbonyl (C=O) groups excluding carboxylic acids is 2. The number of hydrogen-bond donors (Lipinski definition) is 1. The van der Waals surface area contributed by atoms with Crippen molar-refractivity contribution in [1.82, 2.24) is 4.98 Å². The second-order valence-electron chi connectivity index (χ2n) is 4.68. The van der Waals surface area contributed by atoms with Crippen molar-refractivity contribution in [2.24, 2.45) is 0 Å². The minimum atomic E-state index is -0.618. The average Bonchev–Trinajstić information content (AvgIpc) is 2.28. The highest BCUT2D eigenvalue weighted by Crippen LogP contribution is 2.19. The maximum Gasteiger partial charge on any atom is 0.412 e. The largest absolute Gasteiger partial charge is 0.465 e. The molecule has 0 aromatic carbocycles. The molecule has 1 amide bonds. The second-order valence-corrected chi connectivity index (χ2v) is 5.43. The fourth-order valence-electron chi connectivity index (χ4n) is 1.19. The summed E-state index contributed by atoms with van der Waals surface area (Å²) in [5, 5.41) is 2.49. The van der Waals surface area contributed by atoms with E-state index in [0.717, 1.165) is 0 Å². The molecule has 1 aromatic heterocycles. The molecular weight excluding hydrogens is 316 g/mol. The lowest BCUT2D eigenvalue weighted by Crippen LogP contribution is -2.27. The summed E-state index contributed by atoms with van der Waals surface area (Å²) in [4.78, 5) is 27.0. The van der Waals surface area contributed by atoms with E-state index >= 15 is 0 Å². The van der Waals surface area contributed by atoms with Crippen LogP contribution >= 0.6 is 15.9 Å². The van der Waals surface area contributed by atoms with Crippen LogP contribution in [0.25, 0.3) is 0 Å². The first kappa shape index (κ1) is 15.4. The Labute approximate surface area is 119 Å². The van der Waals surface area contributed by atoms with E-state index in [1.807, 2.05) is 0 Å². The summed E-state index contributed by atoms with van der Waals surface area (Å²) in [6.45, 7) is 5.27. The molecule has 0 radical (unpaired) electrons. The lowest BCUT2D eigenvalue weighted by Gasteiger charge is -2.19. The Bertz CT molecular complexity index is 497. The van der Waals surface area contributed by atoms with Crippen LogP contribution in [0.2, 0.25) is 0 Å². The van der Waals surface area contributed by atoms with Gasteiger partial charge in [-0.05, 0) is 42.8 Å². The van der Waals surface area contributed by atoms with Gasteiger partial charge >= 0.3 is 12.1 Å². The van der Waals surface area contributed by atoms with Crippen LogP contribution in [0.3, 0.4) is 0 Å². The molecule has 0 saturated heterocycles. The Morgan fingerprint density at radius 2 is 2.00 bits per heavy atom. The number of pyridine rings is 1. The molecule has 104 valence electrons. The van der Waals surface area contributed by atoms with Crippen LogP contribution in [0.4, 0.5) is 10.5 Å². The standard InChI is InChI=1S/C12H15BrN2O4/c1-12(2,3)19-11(17)15-7-5-8(10(16)18-4)9(13)14-6-7/h5-6H,1-4H3,(H,15,17). The Morgan fingerprint density at radius 1 is 1.37 bits per heavy atom. The van der Waals surface area contributed by atoms with Gasteiger partial charge in [-0.15, -0.1) is 0 Å². The predicted octanol–water partition coefficient (Wildman–Crippen LogP) is 2.98. The molecule has 1 heterocycles. The Morgan fingerprint density at radius 3 is 2.53 bits per heavy atom. The third-order valence-electron chi connectivity index (χ3n) is 1.89. The van der Waals surface area contributed by atoms with E-state index in [4.69, 9.17) is 4.74 Å². The van der Waals surface area contributed by atoms with Crippen LogP contribution in [0.5, 0.6) is 0 Å². The van der Waals surface area contributed by atoms with Gasteiger partial charge in [-0.1, -0.05) is 0 Å². The van der Waals surface area contributed by atoms with E-state index in [-0.39, 0.29) is 5.56 Å². The zero-order valence-electron chi connectivity index (χ0n) is 11.1. The van der Waals surface area contributed by atoms with Crippen molar-refractivity contribution in [2.75, 3.05) is 12.4 Å². The zero-order valence-corrected chi connectivity index (χ0v) is 12.7. The number of nitrogens with one attached hydrogen (secondary N) is 1.